The first-order valence-electron chi connectivity index (χ1n) is 7.83. The molecule has 2 rings (SSSR count). The van der Waals surface area contributed by atoms with Crippen molar-refractivity contribution in [2.45, 2.75) is 47.1 Å². The summed E-state index contributed by atoms with van der Waals surface area (Å²) in [6.45, 7) is 12.3. The van der Waals surface area contributed by atoms with Gasteiger partial charge in [0.05, 0.1) is 12.0 Å². The first kappa shape index (κ1) is 15.9. The Kier molecular flexibility index (Phi) is 4.98. The number of aromatic nitrogens is 3. The summed E-state index contributed by atoms with van der Waals surface area (Å²) in [6, 6.07) is 0. The van der Waals surface area contributed by atoms with Crippen LogP contribution in [0.5, 0.6) is 0 Å². The molecule has 2 heterocycles. The fourth-order valence-corrected chi connectivity index (χ4v) is 3.06. The summed E-state index contributed by atoms with van der Waals surface area (Å²) in [7, 11) is 0. The number of carbonyl (C=O) groups is 1. The zero-order chi connectivity index (χ0) is 15.5. The Bertz CT molecular complexity index is 498. The van der Waals surface area contributed by atoms with Crippen LogP contribution in [-0.2, 0) is 11.3 Å². The quantitative estimate of drug-likeness (QED) is 0.884. The summed E-state index contributed by atoms with van der Waals surface area (Å²) in [5, 5.41) is 7.38. The molecule has 0 bridgehead atoms. The fourth-order valence-electron chi connectivity index (χ4n) is 3.06. The van der Waals surface area contributed by atoms with E-state index in [9.17, 15) is 4.79 Å². The monoisotopic (exact) mass is 293 g/mol. The van der Waals surface area contributed by atoms with E-state index in [0.717, 1.165) is 44.1 Å². The predicted molar refractivity (Wildman–Crippen MR) is 82.0 cm³/mol. The summed E-state index contributed by atoms with van der Waals surface area (Å²) in [5.41, 5.74) is -0.262. The molecule has 1 aliphatic rings. The number of carbonyl (C=O) groups excluding carboxylic acids is 1. The average molecular weight is 293 g/mol. The van der Waals surface area contributed by atoms with Crippen LogP contribution in [-0.4, -0.2) is 51.8 Å². The van der Waals surface area contributed by atoms with Crippen molar-refractivity contribution >= 4 is 5.91 Å². The minimum absolute atomic E-state index is 0.162. The predicted octanol–water partition coefficient (Wildman–Crippen LogP) is 1.13. The maximum absolute atomic E-state index is 12.5. The SMILES string of the molecule is CCN1CCCC(C)(C(=O)NCCn2nc(C)nc2C)C1. The second-order valence-electron chi connectivity index (χ2n) is 6.22. The summed E-state index contributed by atoms with van der Waals surface area (Å²) < 4.78 is 1.84. The Morgan fingerprint density at radius 2 is 2.19 bits per heavy atom. The van der Waals surface area contributed by atoms with Crippen molar-refractivity contribution in [3.05, 3.63) is 11.6 Å². The largest absolute Gasteiger partial charge is 0.354 e. The van der Waals surface area contributed by atoms with Crippen molar-refractivity contribution in [2.75, 3.05) is 26.2 Å². The normalized spacial score (nSPS) is 23.2. The van der Waals surface area contributed by atoms with Crippen molar-refractivity contribution in [1.82, 2.24) is 25.0 Å². The van der Waals surface area contributed by atoms with Crippen LogP contribution in [0.1, 0.15) is 38.3 Å². The average Bonchev–Trinajstić information content (AvgIpc) is 2.77. The number of amides is 1. The maximum Gasteiger partial charge on any atom is 0.227 e. The number of nitrogens with one attached hydrogen (secondary N) is 1. The van der Waals surface area contributed by atoms with Gasteiger partial charge in [-0.15, -0.1) is 0 Å². The molecule has 0 aliphatic carbocycles. The van der Waals surface area contributed by atoms with Crippen molar-refractivity contribution in [2.24, 2.45) is 5.41 Å². The standard InChI is InChI=1S/C15H27N5O/c1-5-19-9-6-7-15(4,11-19)14(21)16-8-10-20-13(3)17-12(2)18-20/h5-11H2,1-4H3,(H,16,21). The molecule has 1 amide bonds. The number of likely N-dealkylation sites (tertiary alicyclic amines) is 1. The zero-order valence-electron chi connectivity index (χ0n) is 13.6. The molecular formula is C15H27N5O. The highest BCUT2D eigenvalue weighted by Crippen LogP contribution is 2.29. The second kappa shape index (κ2) is 6.56. The molecule has 21 heavy (non-hydrogen) atoms. The third-order valence-corrected chi connectivity index (χ3v) is 4.34. The van der Waals surface area contributed by atoms with Crippen molar-refractivity contribution < 1.29 is 4.79 Å². The van der Waals surface area contributed by atoms with Gasteiger partial charge in [0.15, 0.2) is 0 Å². The molecule has 0 radical (unpaired) electrons. The summed E-state index contributed by atoms with van der Waals surface area (Å²) in [4.78, 5) is 19.1. The van der Waals surface area contributed by atoms with Crippen LogP contribution in [0.3, 0.4) is 0 Å². The van der Waals surface area contributed by atoms with Crippen LogP contribution in [0.25, 0.3) is 0 Å². The number of rotatable bonds is 5. The summed E-state index contributed by atoms with van der Waals surface area (Å²) in [5.74, 6) is 1.83. The molecule has 6 nitrogen and oxygen atoms in total. The van der Waals surface area contributed by atoms with Gasteiger partial charge in [-0.25, -0.2) is 9.67 Å². The molecule has 118 valence electrons. The van der Waals surface area contributed by atoms with Gasteiger partial charge >= 0.3 is 0 Å². The van der Waals surface area contributed by atoms with Crippen LogP contribution in [0.4, 0.5) is 0 Å². The van der Waals surface area contributed by atoms with Gasteiger partial charge in [0.25, 0.3) is 0 Å². The van der Waals surface area contributed by atoms with Crippen molar-refractivity contribution in [3.8, 4) is 0 Å². The van der Waals surface area contributed by atoms with Gasteiger partial charge in [-0.05, 0) is 46.7 Å². The van der Waals surface area contributed by atoms with E-state index >= 15 is 0 Å². The highest BCUT2D eigenvalue weighted by atomic mass is 16.2. The third-order valence-electron chi connectivity index (χ3n) is 4.34. The lowest BCUT2D eigenvalue weighted by molar-refractivity contribution is -0.133. The Balaban J connectivity index is 1.85. The molecular weight excluding hydrogens is 266 g/mol. The van der Waals surface area contributed by atoms with Crippen LogP contribution >= 0.6 is 0 Å². The summed E-state index contributed by atoms with van der Waals surface area (Å²) >= 11 is 0. The van der Waals surface area contributed by atoms with Crippen molar-refractivity contribution in [1.29, 1.82) is 0 Å². The van der Waals surface area contributed by atoms with Gasteiger partial charge in [-0.3, -0.25) is 4.79 Å². The Labute approximate surface area is 126 Å². The fraction of sp³-hybridized carbons (Fsp3) is 0.800. The number of aryl methyl sites for hydroxylation is 2. The van der Waals surface area contributed by atoms with E-state index in [1.807, 2.05) is 18.5 Å². The lowest BCUT2D eigenvalue weighted by Crippen LogP contribution is -2.50. The van der Waals surface area contributed by atoms with Gasteiger partial charge in [-0.2, -0.15) is 5.10 Å². The molecule has 1 unspecified atom stereocenters. The Morgan fingerprint density at radius 3 is 2.81 bits per heavy atom. The molecule has 0 saturated carbocycles. The van der Waals surface area contributed by atoms with E-state index in [4.69, 9.17) is 0 Å². The summed E-state index contributed by atoms with van der Waals surface area (Å²) in [6.07, 6.45) is 2.07. The van der Waals surface area contributed by atoms with Gasteiger partial charge in [0.1, 0.15) is 11.6 Å². The zero-order valence-corrected chi connectivity index (χ0v) is 13.6. The van der Waals surface area contributed by atoms with Gasteiger partial charge in [0, 0.05) is 13.1 Å². The molecule has 1 aromatic heterocycles. The van der Waals surface area contributed by atoms with Crippen LogP contribution in [0.2, 0.25) is 0 Å². The molecule has 0 aromatic carbocycles. The van der Waals surface area contributed by atoms with E-state index in [-0.39, 0.29) is 11.3 Å². The van der Waals surface area contributed by atoms with Crippen LogP contribution in [0, 0.1) is 19.3 Å². The number of hydrogen-bond donors (Lipinski definition) is 1. The molecule has 1 saturated heterocycles. The Morgan fingerprint density at radius 1 is 1.43 bits per heavy atom. The molecule has 1 atom stereocenters. The highest BCUT2D eigenvalue weighted by molar-refractivity contribution is 5.82. The van der Waals surface area contributed by atoms with E-state index in [1.54, 1.807) is 0 Å². The van der Waals surface area contributed by atoms with Gasteiger partial charge < -0.3 is 10.2 Å². The topological polar surface area (TPSA) is 63.1 Å². The first-order chi connectivity index (χ1) is 9.94. The van der Waals surface area contributed by atoms with Gasteiger partial charge in [-0.1, -0.05) is 6.92 Å². The maximum atomic E-state index is 12.5. The molecule has 6 heteroatoms. The van der Waals surface area contributed by atoms with E-state index in [0.29, 0.717) is 13.1 Å². The lowest BCUT2D eigenvalue weighted by atomic mass is 9.81. The van der Waals surface area contributed by atoms with Crippen LogP contribution < -0.4 is 5.32 Å². The smallest absolute Gasteiger partial charge is 0.227 e. The number of hydrogen-bond acceptors (Lipinski definition) is 4. The van der Waals surface area contributed by atoms with E-state index < -0.39 is 0 Å². The third kappa shape index (κ3) is 3.81. The second-order valence-corrected chi connectivity index (χ2v) is 6.22. The number of piperidine rings is 1. The van der Waals surface area contributed by atoms with Crippen molar-refractivity contribution in [3.63, 3.8) is 0 Å². The first-order valence-corrected chi connectivity index (χ1v) is 7.83. The molecule has 1 aromatic rings. The van der Waals surface area contributed by atoms with Gasteiger partial charge in [0.2, 0.25) is 5.91 Å². The van der Waals surface area contributed by atoms with E-state index in [1.165, 1.54) is 0 Å². The lowest BCUT2D eigenvalue weighted by Gasteiger charge is -2.38. The minimum atomic E-state index is -0.262. The molecule has 1 aliphatic heterocycles. The number of nitrogens with zero attached hydrogens (tertiary/aromatic N) is 4. The molecule has 1 fully saturated rings. The molecule has 1 N–H and O–H groups in total. The Hall–Kier alpha value is -1.43. The molecule has 0 spiro atoms. The van der Waals surface area contributed by atoms with Crippen LogP contribution in [0.15, 0.2) is 0 Å². The minimum Gasteiger partial charge on any atom is -0.354 e. The van der Waals surface area contributed by atoms with E-state index in [2.05, 4.69) is 34.1 Å². The highest BCUT2D eigenvalue weighted by Gasteiger charge is 2.37.